The summed E-state index contributed by atoms with van der Waals surface area (Å²) in [5.74, 6) is 0. The minimum atomic E-state index is -3.58. The zero-order valence-electron chi connectivity index (χ0n) is 23.1. The first kappa shape index (κ1) is 25.4. The quantitative estimate of drug-likeness (QED) is 0.198. The van der Waals surface area contributed by atoms with E-state index in [1.54, 1.807) is 36.4 Å². The van der Waals surface area contributed by atoms with Gasteiger partial charge in [0.1, 0.15) is 0 Å². The van der Waals surface area contributed by atoms with E-state index < -0.39 is 9.84 Å². The van der Waals surface area contributed by atoms with Crippen molar-refractivity contribution in [2.24, 2.45) is 0 Å². The van der Waals surface area contributed by atoms with E-state index in [1.807, 2.05) is 24.3 Å². The maximum absolute atomic E-state index is 13.1. The fourth-order valence-corrected chi connectivity index (χ4v) is 7.51. The predicted molar refractivity (Wildman–Crippen MR) is 177 cm³/mol. The van der Waals surface area contributed by atoms with Gasteiger partial charge in [-0.05, 0) is 63.0 Å². The topological polar surface area (TPSA) is 47.0 Å². The van der Waals surface area contributed by atoms with E-state index in [-0.39, 0.29) is 9.79 Å². The van der Waals surface area contributed by atoms with Crippen molar-refractivity contribution in [1.82, 2.24) is 4.98 Å². The lowest BCUT2D eigenvalue weighted by Gasteiger charge is -2.17. The summed E-state index contributed by atoms with van der Waals surface area (Å²) in [6, 6.07) is 49.6. The largest absolute Gasteiger partial charge is 0.247 e. The van der Waals surface area contributed by atoms with Gasteiger partial charge in [-0.15, -0.1) is 0 Å². The van der Waals surface area contributed by atoms with Crippen LogP contribution in [0.5, 0.6) is 0 Å². The molecule has 0 unspecified atom stereocenters. The highest BCUT2D eigenvalue weighted by atomic mass is 32.2. The Bertz CT molecular complexity index is 2440. The van der Waals surface area contributed by atoms with Gasteiger partial charge in [-0.25, -0.2) is 13.4 Å². The van der Waals surface area contributed by atoms with E-state index in [0.717, 1.165) is 38.7 Å². The summed E-state index contributed by atoms with van der Waals surface area (Å²) in [7, 11) is -3.58. The number of rotatable bonds is 4. The first-order valence-electron chi connectivity index (χ1n) is 14.2. The summed E-state index contributed by atoms with van der Waals surface area (Å²) >= 11 is 0. The van der Waals surface area contributed by atoms with Crippen molar-refractivity contribution in [1.29, 1.82) is 0 Å². The Labute approximate surface area is 249 Å². The number of benzene rings is 7. The summed E-state index contributed by atoms with van der Waals surface area (Å²) in [5, 5.41) is 8.24. The van der Waals surface area contributed by atoms with Crippen LogP contribution >= 0.6 is 0 Å². The number of hydrogen-bond acceptors (Lipinski definition) is 3. The molecule has 0 amide bonds. The third-order valence-electron chi connectivity index (χ3n) is 8.27. The minimum Gasteiger partial charge on any atom is -0.247 e. The van der Waals surface area contributed by atoms with E-state index >= 15 is 0 Å². The predicted octanol–water partition coefficient (Wildman–Crippen LogP) is 9.86. The SMILES string of the molecule is O=S(=O)(c1ccccc1)c1ccc(-c2ccc3c(c2)nc(-c2ccccc2)c2c4ccccc4c4ccccc4c32)cc1. The van der Waals surface area contributed by atoms with Gasteiger partial charge in [0.05, 0.1) is 21.0 Å². The summed E-state index contributed by atoms with van der Waals surface area (Å²) in [4.78, 5) is 5.88. The molecule has 0 saturated carbocycles. The van der Waals surface area contributed by atoms with E-state index in [4.69, 9.17) is 4.98 Å². The lowest BCUT2D eigenvalue weighted by Crippen LogP contribution is -2.01. The second-order valence-electron chi connectivity index (χ2n) is 10.7. The van der Waals surface area contributed by atoms with E-state index in [9.17, 15) is 8.42 Å². The number of pyridine rings is 1. The molecule has 1 heterocycles. The van der Waals surface area contributed by atoms with Crippen molar-refractivity contribution >= 4 is 53.1 Å². The van der Waals surface area contributed by atoms with Gasteiger partial charge in [-0.1, -0.05) is 121 Å². The average Bonchev–Trinajstić information content (AvgIpc) is 3.08. The Kier molecular flexibility index (Phi) is 5.85. The van der Waals surface area contributed by atoms with Crippen LogP contribution in [0.4, 0.5) is 0 Å². The fourth-order valence-electron chi connectivity index (χ4n) is 6.23. The Morgan fingerprint density at radius 1 is 0.395 bits per heavy atom. The molecule has 0 aliphatic heterocycles. The van der Waals surface area contributed by atoms with Crippen LogP contribution in [0.25, 0.3) is 65.6 Å². The fraction of sp³-hybridized carbons (Fsp3) is 0. The monoisotopic (exact) mass is 571 g/mol. The molecule has 0 spiro atoms. The molecule has 43 heavy (non-hydrogen) atoms. The number of aromatic nitrogens is 1. The molecule has 8 rings (SSSR count). The molecule has 0 saturated heterocycles. The van der Waals surface area contributed by atoms with Crippen LogP contribution in [0.3, 0.4) is 0 Å². The van der Waals surface area contributed by atoms with Crippen molar-refractivity contribution in [3.8, 4) is 22.4 Å². The van der Waals surface area contributed by atoms with Crippen molar-refractivity contribution in [2.45, 2.75) is 9.79 Å². The van der Waals surface area contributed by atoms with Crippen molar-refractivity contribution in [3.05, 3.63) is 152 Å². The van der Waals surface area contributed by atoms with Gasteiger partial charge in [-0.3, -0.25) is 0 Å². The van der Waals surface area contributed by atoms with Gasteiger partial charge >= 0.3 is 0 Å². The molecular formula is C39H25NO2S. The first-order valence-corrected chi connectivity index (χ1v) is 15.7. The average molecular weight is 572 g/mol. The smallest absolute Gasteiger partial charge is 0.206 e. The molecule has 0 aliphatic carbocycles. The molecule has 0 aliphatic rings. The Morgan fingerprint density at radius 3 is 1.56 bits per heavy atom. The second kappa shape index (κ2) is 9.90. The standard InChI is InChI=1S/C39H25NO2S/c41-43(42,29-13-5-2-6-14-29)30-22-19-26(20-23-30)28-21-24-35-36(25-28)40-39(27-11-3-1-4-12-27)38-34-18-10-8-16-32(34)31-15-7-9-17-33(31)37(35)38/h1-25H. The van der Waals surface area contributed by atoms with Gasteiger partial charge in [-0.2, -0.15) is 0 Å². The summed E-state index contributed by atoms with van der Waals surface area (Å²) in [6.07, 6.45) is 0. The van der Waals surface area contributed by atoms with Gasteiger partial charge in [0.15, 0.2) is 0 Å². The lowest BCUT2D eigenvalue weighted by molar-refractivity contribution is 0.596. The van der Waals surface area contributed by atoms with E-state index in [1.165, 1.54) is 26.9 Å². The molecule has 1 aromatic heterocycles. The highest BCUT2D eigenvalue weighted by Crippen LogP contribution is 2.43. The van der Waals surface area contributed by atoms with Crippen LogP contribution in [-0.4, -0.2) is 13.4 Å². The molecule has 8 aromatic rings. The molecule has 204 valence electrons. The normalized spacial score (nSPS) is 11.9. The lowest BCUT2D eigenvalue weighted by atomic mass is 9.89. The number of sulfone groups is 1. The van der Waals surface area contributed by atoms with Crippen LogP contribution in [-0.2, 0) is 9.84 Å². The van der Waals surface area contributed by atoms with Crippen molar-refractivity contribution in [3.63, 3.8) is 0 Å². The minimum absolute atomic E-state index is 0.275. The number of fused-ring (bicyclic) bond motifs is 8. The van der Waals surface area contributed by atoms with Gasteiger partial charge in [0.2, 0.25) is 9.84 Å². The molecule has 0 N–H and O–H groups in total. The van der Waals surface area contributed by atoms with Crippen LogP contribution in [0.1, 0.15) is 0 Å². The number of nitrogens with zero attached hydrogens (tertiary/aromatic N) is 1. The van der Waals surface area contributed by atoms with Crippen LogP contribution < -0.4 is 0 Å². The van der Waals surface area contributed by atoms with Crippen molar-refractivity contribution < 1.29 is 8.42 Å². The van der Waals surface area contributed by atoms with Gasteiger partial charge in [0.25, 0.3) is 0 Å². The molecular weight excluding hydrogens is 547 g/mol. The molecule has 0 radical (unpaired) electrons. The third kappa shape index (κ3) is 4.10. The zero-order valence-corrected chi connectivity index (χ0v) is 23.9. The maximum Gasteiger partial charge on any atom is 0.206 e. The Morgan fingerprint density at radius 2 is 0.907 bits per heavy atom. The molecule has 0 atom stereocenters. The molecule has 0 bridgehead atoms. The van der Waals surface area contributed by atoms with E-state index in [2.05, 4.69) is 91.0 Å². The summed E-state index contributed by atoms with van der Waals surface area (Å²) in [6.45, 7) is 0. The molecule has 3 nitrogen and oxygen atoms in total. The van der Waals surface area contributed by atoms with E-state index in [0.29, 0.717) is 0 Å². The van der Waals surface area contributed by atoms with Gasteiger partial charge in [0, 0.05) is 21.7 Å². The van der Waals surface area contributed by atoms with Crippen LogP contribution in [0, 0.1) is 0 Å². The van der Waals surface area contributed by atoms with Crippen molar-refractivity contribution in [2.75, 3.05) is 0 Å². The first-order chi connectivity index (χ1) is 21.1. The summed E-state index contributed by atoms with van der Waals surface area (Å²) in [5.41, 5.74) is 4.82. The molecule has 4 heteroatoms. The highest BCUT2D eigenvalue weighted by Gasteiger charge is 2.19. The zero-order chi connectivity index (χ0) is 29.0. The molecule has 0 fully saturated rings. The van der Waals surface area contributed by atoms with Crippen LogP contribution in [0.2, 0.25) is 0 Å². The highest BCUT2D eigenvalue weighted by molar-refractivity contribution is 7.91. The molecule has 7 aromatic carbocycles. The second-order valence-corrected chi connectivity index (χ2v) is 12.7. The Hall–Kier alpha value is -5.32. The summed E-state index contributed by atoms with van der Waals surface area (Å²) < 4.78 is 26.3. The van der Waals surface area contributed by atoms with Gasteiger partial charge < -0.3 is 0 Å². The third-order valence-corrected chi connectivity index (χ3v) is 10.1. The van der Waals surface area contributed by atoms with Crippen LogP contribution in [0.15, 0.2) is 161 Å². The number of hydrogen-bond donors (Lipinski definition) is 0. The maximum atomic E-state index is 13.1. The Balaban J connectivity index is 1.38.